The van der Waals surface area contributed by atoms with Gasteiger partial charge in [0.25, 0.3) is 5.76 Å². The van der Waals surface area contributed by atoms with Gasteiger partial charge in [-0.05, 0) is 36.2 Å². The van der Waals surface area contributed by atoms with Gasteiger partial charge in [-0.1, -0.05) is 29.4 Å². The first kappa shape index (κ1) is 16.0. The molecule has 2 aromatic carbocycles. The van der Waals surface area contributed by atoms with Crippen molar-refractivity contribution in [3.05, 3.63) is 53.8 Å². The fourth-order valence-electron chi connectivity index (χ4n) is 2.44. The lowest BCUT2D eigenvalue weighted by molar-refractivity contribution is -0.137. The first-order chi connectivity index (χ1) is 11.4. The lowest BCUT2D eigenvalue weighted by Gasteiger charge is -2.12. The van der Waals surface area contributed by atoms with Gasteiger partial charge in [0.05, 0.1) is 17.6 Å². The standard InChI is InChI=1S/C17H12F3NO3/c1-2-23-16(22)15-12-8-7-10(9-14(12)21-24-15)11-5-3-4-6-13(11)17(18,19)20/h3-9H,2H2,1H3. The fraction of sp³-hybridized carbons (Fsp3) is 0.176. The number of carbonyl (C=O) groups is 1. The second-order valence-corrected chi connectivity index (χ2v) is 5.01. The molecule has 0 unspecified atom stereocenters. The number of ether oxygens (including phenoxy) is 1. The first-order valence-electron chi connectivity index (χ1n) is 7.15. The van der Waals surface area contributed by atoms with E-state index in [4.69, 9.17) is 9.26 Å². The average Bonchev–Trinajstić information content (AvgIpc) is 2.97. The molecule has 1 aromatic heterocycles. The second-order valence-electron chi connectivity index (χ2n) is 5.01. The molecule has 7 heteroatoms. The van der Waals surface area contributed by atoms with Gasteiger partial charge < -0.3 is 9.26 Å². The van der Waals surface area contributed by atoms with Crippen molar-refractivity contribution in [1.82, 2.24) is 5.16 Å². The summed E-state index contributed by atoms with van der Waals surface area (Å²) in [6.07, 6.45) is -4.47. The van der Waals surface area contributed by atoms with Crippen molar-refractivity contribution in [3.63, 3.8) is 0 Å². The lowest BCUT2D eigenvalue weighted by Crippen LogP contribution is -2.06. The smallest absolute Gasteiger partial charge is 0.417 e. The van der Waals surface area contributed by atoms with E-state index in [9.17, 15) is 18.0 Å². The van der Waals surface area contributed by atoms with Crippen LogP contribution < -0.4 is 0 Å². The van der Waals surface area contributed by atoms with Gasteiger partial charge >= 0.3 is 12.1 Å². The minimum atomic E-state index is -4.47. The first-order valence-corrected chi connectivity index (χ1v) is 7.15. The largest absolute Gasteiger partial charge is 0.460 e. The van der Waals surface area contributed by atoms with E-state index in [0.717, 1.165) is 6.07 Å². The van der Waals surface area contributed by atoms with Crippen molar-refractivity contribution < 1.29 is 27.2 Å². The minimum Gasteiger partial charge on any atom is -0.460 e. The van der Waals surface area contributed by atoms with Crippen molar-refractivity contribution in [2.24, 2.45) is 0 Å². The van der Waals surface area contributed by atoms with Crippen LogP contribution in [0, 0.1) is 0 Å². The molecular weight excluding hydrogens is 323 g/mol. The Hall–Kier alpha value is -2.83. The zero-order chi connectivity index (χ0) is 17.3. The van der Waals surface area contributed by atoms with Crippen molar-refractivity contribution in [2.45, 2.75) is 13.1 Å². The maximum absolute atomic E-state index is 13.1. The van der Waals surface area contributed by atoms with Gasteiger partial charge in [-0.25, -0.2) is 4.79 Å². The summed E-state index contributed by atoms with van der Waals surface area (Å²) in [5.41, 5.74) is -0.0855. The van der Waals surface area contributed by atoms with Gasteiger partial charge in [0.15, 0.2) is 0 Å². The van der Waals surface area contributed by atoms with Crippen LogP contribution in [0.5, 0.6) is 0 Å². The Morgan fingerprint density at radius 1 is 1.21 bits per heavy atom. The van der Waals surface area contributed by atoms with Crippen molar-refractivity contribution >= 4 is 16.9 Å². The molecule has 124 valence electrons. The maximum atomic E-state index is 13.1. The SMILES string of the molecule is CCOC(=O)c1onc2cc(-c3ccccc3C(F)(F)F)ccc12. The highest BCUT2D eigenvalue weighted by Gasteiger charge is 2.33. The number of halogens is 3. The van der Waals surface area contributed by atoms with Crippen LogP contribution in [0.15, 0.2) is 47.0 Å². The van der Waals surface area contributed by atoms with Crippen LogP contribution >= 0.6 is 0 Å². The number of hydrogen-bond acceptors (Lipinski definition) is 4. The molecule has 24 heavy (non-hydrogen) atoms. The Labute approximate surface area is 134 Å². The molecule has 0 saturated carbocycles. The summed E-state index contributed by atoms with van der Waals surface area (Å²) in [5, 5.41) is 4.13. The van der Waals surface area contributed by atoms with E-state index < -0.39 is 17.7 Å². The number of aromatic nitrogens is 1. The van der Waals surface area contributed by atoms with Gasteiger partial charge in [0, 0.05) is 0 Å². The molecule has 0 radical (unpaired) electrons. The molecule has 0 bridgehead atoms. The Bertz CT molecular complexity index is 899. The van der Waals surface area contributed by atoms with Gasteiger partial charge in [-0.2, -0.15) is 13.2 Å². The molecule has 0 amide bonds. The van der Waals surface area contributed by atoms with Gasteiger partial charge in [0.2, 0.25) is 0 Å². The third kappa shape index (κ3) is 2.84. The number of alkyl halides is 3. The lowest BCUT2D eigenvalue weighted by atomic mass is 9.98. The zero-order valence-corrected chi connectivity index (χ0v) is 12.6. The van der Waals surface area contributed by atoms with Crippen molar-refractivity contribution in [2.75, 3.05) is 6.61 Å². The van der Waals surface area contributed by atoms with Gasteiger partial charge in [-0.15, -0.1) is 0 Å². The summed E-state index contributed by atoms with van der Waals surface area (Å²) in [6, 6.07) is 9.71. The molecule has 0 N–H and O–H groups in total. The number of nitrogens with zero attached hydrogens (tertiary/aromatic N) is 1. The van der Waals surface area contributed by atoms with E-state index in [1.165, 1.54) is 36.4 Å². The van der Waals surface area contributed by atoms with Crippen LogP contribution in [0.2, 0.25) is 0 Å². The fourth-order valence-corrected chi connectivity index (χ4v) is 2.44. The number of hydrogen-bond donors (Lipinski definition) is 0. The van der Waals surface area contributed by atoms with Crippen LogP contribution in [0.3, 0.4) is 0 Å². The van der Waals surface area contributed by atoms with E-state index >= 15 is 0 Å². The number of benzene rings is 2. The van der Waals surface area contributed by atoms with Crippen LogP contribution in [-0.4, -0.2) is 17.7 Å². The Kier molecular flexibility index (Phi) is 4.01. The zero-order valence-electron chi connectivity index (χ0n) is 12.6. The molecule has 0 fully saturated rings. The summed E-state index contributed by atoms with van der Waals surface area (Å²) < 4.78 is 49.3. The van der Waals surface area contributed by atoms with E-state index in [0.29, 0.717) is 10.9 Å². The molecule has 3 rings (SSSR count). The molecule has 0 aliphatic rings. The Morgan fingerprint density at radius 3 is 2.67 bits per heavy atom. The van der Waals surface area contributed by atoms with Crippen molar-refractivity contribution in [3.8, 4) is 11.1 Å². The third-order valence-corrected chi connectivity index (χ3v) is 3.48. The number of rotatable bonds is 3. The molecule has 1 heterocycles. The second kappa shape index (κ2) is 5.99. The van der Waals surface area contributed by atoms with Crippen LogP contribution in [-0.2, 0) is 10.9 Å². The van der Waals surface area contributed by atoms with E-state index in [2.05, 4.69) is 5.16 Å². The van der Waals surface area contributed by atoms with E-state index in [-0.39, 0.29) is 23.4 Å². The molecule has 0 aliphatic carbocycles. The normalized spacial score (nSPS) is 11.7. The Balaban J connectivity index is 2.09. The molecule has 0 atom stereocenters. The molecule has 0 aliphatic heterocycles. The summed E-state index contributed by atoms with van der Waals surface area (Å²) in [4.78, 5) is 11.8. The van der Waals surface area contributed by atoms with Crippen LogP contribution in [0.25, 0.3) is 22.0 Å². The Morgan fingerprint density at radius 2 is 1.96 bits per heavy atom. The maximum Gasteiger partial charge on any atom is 0.417 e. The number of esters is 1. The molecule has 0 saturated heterocycles. The summed E-state index contributed by atoms with van der Waals surface area (Å²) in [6.45, 7) is 1.83. The highest BCUT2D eigenvalue weighted by atomic mass is 19.4. The van der Waals surface area contributed by atoms with Crippen LogP contribution in [0.4, 0.5) is 13.2 Å². The highest BCUT2D eigenvalue weighted by Crippen LogP contribution is 2.37. The van der Waals surface area contributed by atoms with Crippen molar-refractivity contribution in [1.29, 1.82) is 0 Å². The topological polar surface area (TPSA) is 52.3 Å². The van der Waals surface area contributed by atoms with Gasteiger partial charge in [0.1, 0.15) is 5.52 Å². The van der Waals surface area contributed by atoms with E-state index in [1.54, 1.807) is 6.92 Å². The predicted octanol–water partition coefficient (Wildman–Crippen LogP) is 4.69. The van der Waals surface area contributed by atoms with E-state index in [1.807, 2.05) is 0 Å². The highest BCUT2D eigenvalue weighted by molar-refractivity contribution is 6.01. The summed E-state index contributed by atoms with van der Waals surface area (Å²) >= 11 is 0. The van der Waals surface area contributed by atoms with Gasteiger partial charge in [-0.3, -0.25) is 0 Å². The quantitative estimate of drug-likeness (QED) is 0.652. The molecular formula is C17H12F3NO3. The third-order valence-electron chi connectivity index (χ3n) is 3.48. The molecule has 0 spiro atoms. The monoisotopic (exact) mass is 335 g/mol. The summed E-state index contributed by atoms with van der Waals surface area (Å²) in [7, 11) is 0. The van der Waals surface area contributed by atoms with Crippen LogP contribution in [0.1, 0.15) is 23.0 Å². The predicted molar refractivity (Wildman–Crippen MR) is 80.4 cm³/mol. The summed E-state index contributed by atoms with van der Waals surface area (Å²) in [5.74, 6) is -0.731. The molecule has 3 aromatic rings. The number of carbonyl (C=O) groups excluding carboxylic acids is 1. The average molecular weight is 335 g/mol. The number of fused-ring (bicyclic) bond motifs is 1. The molecule has 4 nitrogen and oxygen atoms in total. The minimum absolute atomic E-state index is 0.0348.